The van der Waals surface area contributed by atoms with Gasteiger partial charge in [0.2, 0.25) is 5.91 Å². The van der Waals surface area contributed by atoms with E-state index in [0.717, 1.165) is 21.2 Å². The molecule has 24 heavy (non-hydrogen) atoms. The Balaban J connectivity index is 1.84. The summed E-state index contributed by atoms with van der Waals surface area (Å²) in [5, 5.41) is 2.77. The van der Waals surface area contributed by atoms with E-state index >= 15 is 0 Å². The minimum Gasteiger partial charge on any atom is -0.324 e. The van der Waals surface area contributed by atoms with Crippen LogP contribution in [0.4, 0.5) is 14.5 Å². The highest BCUT2D eigenvalue weighted by Gasteiger charge is 2.10. The maximum atomic E-state index is 13.1. The van der Waals surface area contributed by atoms with Gasteiger partial charge in [-0.3, -0.25) is 14.2 Å². The summed E-state index contributed by atoms with van der Waals surface area (Å²) in [4.78, 5) is 28.5. The lowest BCUT2D eigenvalue weighted by Gasteiger charge is -2.08. The number of hydrogen-bond donors (Lipinski definition) is 1. The molecule has 1 heterocycles. The van der Waals surface area contributed by atoms with E-state index in [-0.39, 0.29) is 17.8 Å². The number of nitrogens with one attached hydrogen (secondary N) is 1. The van der Waals surface area contributed by atoms with Crippen molar-refractivity contribution in [3.05, 3.63) is 69.2 Å². The van der Waals surface area contributed by atoms with Gasteiger partial charge < -0.3 is 5.32 Å². The van der Waals surface area contributed by atoms with Gasteiger partial charge in [0.15, 0.2) is 11.6 Å². The van der Waals surface area contributed by atoms with Crippen molar-refractivity contribution in [2.24, 2.45) is 0 Å². The lowest BCUT2D eigenvalue weighted by atomic mass is 10.2. The van der Waals surface area contributed by atoms with Crippen molar-refractivity contribution >= 4 is 38.4 Å². The zero-order valence-electron chi connectivity index (χ0n) is 12.1. The molecular weight excluding hydrogens is 384 g/mol. The van der Waals surface area contributed by atoms with Crippen LogP contribution in [0.25, 0.3) is 10.9 Å². The van der Waals surface area contributed by atoms with Crippen LogP contribution in [-0.4, -0.2) is 15.5 Å². The van der Waals surface area contributed by atoms with Crippen molar-refractivity contribution in [2.45, 2.75) is 6.54 Å². The van der Waals surface area contributed by atoms with E-state index in [9.17, 15) is 18.4 Å². The minimum atomic E-state index is -1.07. The fraction of sp³-hybridized carbons (Fsp3) is 0.0625. The summed E-state index contributed by atoms with van der Waals surface area (Å²) < 4.78 is 27.9. The van der Waals surface area contributed by atoms with Crippen LogP contribution in [-0.2, 0) is 11.3 Å². The molecule has 2 aromatic carbocycles. The van der Waals surface area contributed by atoms with E-state index in [0.29, 0.717) is 10.9 Å². The first-order valence-electron chi connectivity index (χ1n) is 6.83. The highest BCUT2D eigenvalue weighted by molar-refractivity contribution is 9.10. The van der Waals surface area contributed by atoms with Crippen LogP contribution in [0.2, 0.25) is 0 Å². The third-order valence-corrected chi connectivity index (χ3v) is 3.80. The van der Waals surface area contributed by atoms with E-state index in [1.807, 2.05) is 0 Å². The highest BCUT2D eigenvalue weighted by Crippen LogP contribution is 2.15. The molecule has 0 aliphatic carbocycles. The molecule has 3 aromatic rings. The van der Waals surface area contributed by atoms with Gasteiger partial charge in [0.05, 0.1) is 17.2 Å². The molecule has 0 spiro atoms. The Kier molecular flexibility index (Phi) is 4.39. The van der Waals surface area contributed by atoms with Crippen LogP contribution < -0.4 is 10.9 Å². The first kappa shape index (κ1) is 16.3. The molecule has 0 bridgehead atoms. The number of fused-ring (bicyclic) bond motifs is 1. The monoisotopic (exact) mass is 393 g/mol. The molecule has 0 saturated carbocycles. The van der Waals surface area contributed by atoms with Gasteiger partial charge in [0.1, 0.15) is 6.54 Å². The van der Waals surface area contributed by atoms with Crippen LogP contribution in [0.3, 0.4) is 0 Å². The van der Waals surface area contributed by atoms with Crippen molar-refractivity contribution in [2.75, 3.05) is 5.32 Å². The molecule has 1 amide bonds. The quantitative estimate of drug-likeness (QED) is 0.743. The molecule has 0 unspecified atom stereocenters. The van der Waals surface area contributed by atoms with E-state index in [4.69, 9.17) is 0 Å². The van der Waals surface area contributed by atoms with Crippen LogP contribution in [0, 0.1) is 11.6 Å². The number of nitrogens with zero attached hydrogens (tertiary/aromatic N) is 2. The molecule has 0 saturated heterocycles. The van der Waals surface area contributed by atoms with Crippen molar-refractivity contribution in [1.82, 2.24) is 9.55 Å². The van der Waals surface area contributed by atoms with Crippen molar-refractivity contribution in [1.29, 1.82) is 0 Å². The van der Waals surface area contributed by atoms with Gasteiger partial charge in [-0.25, -0.2) is 13.8 Å². The van der Waals surface area contributed by atoms with Gasteiger partial charge in [-0.1, -0.05) is 15.9 Å². The maximum absolute atomic E-state index is 13.1. The second-order valence-electron chi connectivity index (χ2n) is 5.02. The topological polar surface area (TPSA) is 64.0 Å². The molecule has 0 radical (unpaired) electrons. The lowest BCUT2D eigenvalue weighted by Crippen LogP contribution is -2.28. The Morgan fingerprint density at radius 3 is 2.71 bits per heavy atom. The summed E-state index contributed by atoms with van der Waals surface area (Å²) in [7, 11) is 0. The summed E-state index contributed by atoms with van der Waals surface area (Å²) in [5.41, 5.74) is 0.241. The second kappa shape index (κ2) is 6.48. The molecule has 0 aliphatic heterocycles. The van der Waals surface area contributed by atoms with E-state index in [1.54, 1.807) is 18.2 Å². The molecule has 1 aromatic heterocycles. The summed E-state index contributed by atoms with van der Waals surface area (Å²) in [6, 6.07) is 8.07. The third kappa shape index (κ3) is 3.33. The standard InChI is InChI=1S/C16H10BrF2N3O2/c17-9-1-4-14-11(5-9)16(24)22(8-20-14)7-15(23)21-10-2-3-12(18)13(19)6-10/h1-6,8H,7H2,(H,21,23). The summed E-state index contributed by atoms with van der Waals surface area (Å²) in [5.74, 6) is -2.63. The number of rotatable bonds is 3. The summed E-state index contributed by atoms with van der Waals surface area (Å²) >= 11 is 3.28. The zero-order valence-corrected chi connectivity index (χ0v) is 13.7. The van der Waals surface area contributed by atoms with Crippen LogP contribution >= 0.6 is 15.9 Å². The fourth-order valence-corrected chi connectivity index (χ4v) is 2.53. The van der Waals surface area contributed by atoms with Crippen molar-refractivity contribution in [3.8, 4) is 0 Å². The lowest BCUT2D eigenvalue weighted by molar-refractivity contribution is -0.116. The highest BCUT2D eigenvalue weighted by atomic mass is 79.9. The van der Waals surface area contributed by atoms with Crippen molar-refractivity contribution < 1.29 is 13.6 Å². The van der Waals surface area contributed by atoms with E-state index < -0.39 is 17.5 Å². The predicted octanol–water partition coefficient (Wildman–Crippen LogP) is 3.08. The van der Waals surface area contributed by atoms with Crippen LogP contribution in [0.1, 0.15) is 0 Å². The van der Waals surface area contributed by atoms with Gasteiger partial charge in [-0.2, -0.15) is 0 Å². The number of hydrogen-bond acceptors (Lipinski definition) is 3. The zero-order chi connectivity index (χ0) is 17.3. The van der Waals surface area contributed by atoms with Gasteiger partial charge in [-0.15, -0.1) is 0 Å². The number of halogens is 3. The summed E-state index contributed by atoms with van der Waals surface area (Å²) in [6.45, 7) is -0.298. The second-order valence-corrected chi connectivity index (χ2v) is 5.93. The Morgan fingerprint density at radius 2 is 1.96 bits per heavy atom. The first-order valence-corrected chi connectivity index (χ1v) is 7.63. The predicted molar refractivity (Wildman–Crippen MR) is 88.7 cm³/mol. The number of carbonyl (C=O) groups excluding carboxylic acids is 1. The van der Waals surface area contributed by atoms with Crippen LogP contribution in [0.15, 0.2) is 52.0 Å². The largest absolute Gasteiger partial charge is 0.324 e. The molecule has 8 heteroatoms. The molecule has 0 atom stereocenters. The smallest absolute Gasteiger partial charge is 0.261 e. The van der Waals surface area contributed by atoms with Gasteiger partial charge >= 0.3 is 0 Å². The Bertz CT molecular complexity index is 1000. The molecule has 1 N–H and O–H groups in total. The molecule has 122 valence electrons. The van der Waals surface area contributed by atoms with E-state index in [1.165, 1.54) is 12.4 Å². The number of benzene rings is 2. The molecule has 5 nitrogen and oxygen atoms in total. The number of anilines is 1. The SMILES string of the molecule is O=C(Cn1cnc2ccc(Br)cc2c1=O)Nc1ccc(F)c(F)c1. The molecule has 0 fully saturated rings. The minimum absolute atomic E-state index is 0.100. The molecule has 3 rings (SSSR count). The van der Waals surface area contributed by atoms with Gasteiger partial charge in [0, 0.05) is 16.2 Å². The number of amides is 1. The Labute approximate surface area is 143 Å². The molecule has 0 aliphatic rings. The third-order valence-electron chi connectivity index (χ3n) is 3.30. The molecular formula is C16H10BrF2N3O2. The van der Waals surface area contributed by atoms with E-state index in [2.05, 4.69) is 26.2 Å². The number of aromatic nitrogens is 2. The normalized spacial score (nSPS) is 10.8. The van der Waals surface area contributed by atoms with Gasteiger partial charge in [0.25, 0.3) is 5.56 Å². The summed E-state index contributed by atoms with van der Waals surface area (Å²) in [6.07, 6.45) is 1.27. The average molecular weight is 394 g/mol. The first-order chi connectivity index (χ1) is 11.4. The van der Waals surface area contributed by atoms with Crippen LogP contribution in [0.5, 0.6) is 0 Å². The number of carbonyl (C=O) groups is 1. The fourth-order valence-electron chi connectivity index (χ4n) is 2.17. The van der Waals surface area contributed by atoms with Gasteiger partial charge in [-0.05, 0) is 30.3 Å². The van der Waals surface area contributed by atoms with Crippen molar-refractivity contribution in [3.63, 3.8) is 0 Å². The Morgan fingerprint density at radius 1 is 1.17 bits per heavy atom. The Hall–Kier alpha value is -2.61. The maximum Gasteiger partial charge on any atom is 0.261 e. The average Bonchev–Trinajstić information content (AvgIpc) is 2.54.